The van der Waals surface area contributed by atoms with Gasteiger partial charge in [-0.3, -0.25) is 4.79 Å². The molecule has 3 N–H and O–H groups in total. The number of aliphatic carboxylic acids is 2. The van der Waals surface area contributed by atoms with Crippen LogP contribution in [0.1, 0.15) is 19.4 Å². The molecule has 0 unspecified atom stereocenters. The summed E-state index contributed by atoms with van der Waals surface area (Å²) in [5.41, 5.74) is 1.02. The number of ether oxygens (including phenoxy) is 4. The second kappa shape index (κ2) is 16.6. The van der Waals surface area contributed by atoms with Gasteiger partial charge in [0.1, 0.15) is 24.7 Å². The summed E-state index contributed by atoms with van der Waals surface area (Å²) in [4.78, 5) is 31.4. The molecule has 0 aliphatic rings. The van der Waals surface area contributed by atoms with Crippen molar-refractivity contribution in [3.8, 4) is 23.0 Å². The van der Waals surface area contributed by atoms with Crippen LogP contribution < -0.4 is 24.3 Å². The third-order valence-corrected chi connectivity index (χ3v) is 4.34. The fourth-order valence-electron chi connectivity index (χ4n) is 2.63. The first kappa shape index (κ1) is 30.0. The number of hydrogen-bond donors (Lipinski definition) is 3. The smallest absolute Gasteiger partial charge is 0.414 e. The molecule has 1 amide bonds. The van der Waals surface area contributed by atoms with E-state index in [1.165, 1.54) is 0 Å². The van der Waals surface area contributed by atoms with Crippen molar-refractivity contribution in [1.29, 1.82) is 0 Å². The maximum Gasteiger partial charge on any atom is 0.414 e. The molecule has 36 heavy (non-hydrogen) atoms. The van der Waals surface area contributed by atoms with Crippen molar-refractivity contribution in [1.82, 2.24) is 10.2 Å². The Balaban J connectivity index is 0.000000960. The van der Waals surface area contributed by atoms with Gasteiger partial charge in [0, 0.05) is 20.6 Å². The van der Waals surface area contributed by atoms with Gasteiger partial charge in [-0.15, -0.1) is 0 Å². The molecule has 11 heteroatoms. The zero-order valence-electron chi connectivity index (χ0n) is 21.0. The quantitative estimate of drug-likeness (QED) is 0.273. The topological polar surface area (TPSA) is 144 Å². The minimum atomic E-state index is -1.82. The fraction of sp³-hybridized carbons (Fsp3) is 0.400. The Hall–Kier alpha value is -3.99. The van der Waals surface area contributed by atoms with E-state index in [0.717, 1.165) is 17.1 Å². The lowest BCUT2D eigenvalue weighted by Crippen LogP contribution is -2.32. The molecular formula is C25H34N2O9. The van der Waals surface area contributed by atoms with E-state index < -0.39 is 11.9 Å². The lowest BCUT2D eigenvalue weighted by atomic mass is 10.2. The molecule has 0 fully saturated rings. The first-order chi connectivity index (χ1) is 17.2. The Morgan fingerprint density at radius 3 is 1.86 bits per heavy atom. The Morgan fingerprint density at radius 1 is 0.778 bits per heavy atom. The lowest BCUT2D eigenvalue weighted by molar-refractivity contribution is -0.159. The summed E-state index contributed by atoms with van der Waals surface area (Å²) in [7, 11) is 3.48. The molecular weight excluding hydrogens is 472 g/mol. The second-order valence-electron chi connectivity index (χ2n) is 7.32. The van der Waals surface area contributed by atoms with E-state index in [2.05, 4.69) is 5.32 Å². The highest BCUT2D eigenvalue weighted by molar-refractivity contribution is 6.27. The molecule has 0 aromatic heterocycles. The highest BCUT2D eigenvalue weighted by atomic mass is 16.5. The molecule has 2 rings (SSSR count). The largest absolute Gasteiger partial charge is 0.494 e. The van der Waals surface area contributed by atoms with Gasteiger partial charge in [-0.05, 0) is 55.8 Å². The maximum absolute atomic E-state index is 11.7. The molecule has 2 aromatic rings. The molecule has 0 atom stereocenters. The van der Waals surface area contributed by atoms with Crippen LogP contribution in [0.2, 0.25) is 0 Å². The van der Waals surface area contributed by atoms with Gasteiger partial charge in [0.05, 0.1) is 19.8 Å². The van der Waals surface area contributed by atoms with Crippen LogP contribution in [0.3, 0.4) is 0 Å². The first-order valence-electron chi connectivity index (χ1n) is 11.3. The number of benzene rings is 2. The number of carbonyl (C=O) groups is 3. The van der Waals surface area contributed by atoms with E-state index in [4.69, 9.17) is 38.7 Å². The average Bonchev–Trinajstić information content (AvgIpc) is 2.84. The number of nitrogens with one attached hydrogen (secondary N) is 1. The van der Waals surface area contributed by atoms with Gasteiger partial charge >= 0.3 is 11.9 Å². The van der Waals surface area contributed by atoms with Crippen LogP contribution in [0.25, 0.3) is 0 Å². The van der Waals surface area contributed by atoms with Crippen molar-refractivity contribution in [2.45, 2.75) is 20.4 Å². The monoisotopic (exact) mass is 506 g/mol. The number of carboxylic acids is 2. The molecule has 0 radical (unpaired) electrons. The summed E-state index contributed by atoms with van der Waals surface area (Å²) in [5.74, 6) is -0.682. The highest BCUT2D eigenvalue weighted by Gasteiger charge is 2.08. The highest BCUT2D eigenvalue weighted by Crippen LogP contribution is 2.28. The number of amides is 1. The summed E-state index contributed by atoms with van der Waals surface area (Å²) >= 11 is 0. The van der Waals surface area contributed by atoms with Gasteiger partial charge in [-0.25, -0.2) is 9.59 Å². The van der Waals surface area contributed by atoms with Crippen LogP contribution in [-0.2, 0) is 20.9 Å². The average molecular weight is 507 g/mol. The fourth-order valence-corrected chi connectivity index (χ4v) is 2.63. The Kier molecular flexibility index (Phi) is 13.9. The van der Waals surface area contributed by atoms with Crippen LogP contribution in [0, 0.1) is 0 Å². The van der Waals surface area contributed by atoms with Crippen molar-refractivity contribution >= 4 is 17.8 Å². The number of nitrogens with zero attached hydrogens (tertiary/aromatic N) is 1. The standard InChI is InChI=1S/C23H32N2O5.C2H2O4/c1-5-27-19-8-10-20(11-9-19)29-13-14-30-21-12-7-18(15-22(21)28-6-2)16-24-17-23(26)25(3)4;3-1(4)2(5)6/h7-12,15,24H,5-6,13-14,16-17H2,1-4H3;(H,3,4)(H,5,6). The van der Waals surface area contributed by atoms with Gasteiger partial charge in [-0.1, -0.05) is 6.07 Å². The third-order valence-electron chi connectivity index (χ3n) is 4.34. The lowest BCUT2D eigenvalue weighted by Gasteiger charge is -2.15. The Labute approximate surface area is 210 Å². The summed E-state index contributed by atoms with van der Waals surface area (Å²) < 4.78 is 22.7. The number of likely N-dealkylation sites (N-methyl/N-ethyl adjacent to an activating group) is 1. The first-order valence-corrected chi connectivity index (χ1v) is 11.3. The van der Waals surface area contributed by atoms with Crippen LogP contribution in [-0.4, -0.2) is 80.0 Å². The van der Waals surface area contributed by atoms with E-state index in [9.17, 15) is 4.79 Å². The second-order valence-corrected chi connectivity index (χ2v) is 7.32. The Bertz CT molecular complexity index is 951. The molecule has 0 aliphatic carbocycles. The molecule has 0 bridgehead atoms. The molecule has 0 spiro atoms. The third kappa shape index (κ3) is 11.9. The summed E-state index contributed by atoms with van der Waals surface area (Å²) in [6.07, 6.45) is 0. The van der Waals surface area contributed by atoms with Crippen molar-refractivity contribution < 1.29 is 43.5 Å². The van der Waals surface area contributed by atoms with Crippen molar-refractivity contribution in [2.75, 3.05) is 47.1 Å². The zero-order chi connectivity index (χ0) is 26.9. The molecule has 2 aromatic carbocycles. The number of carboxylic acid groups (broad SMARTS) is 2. The minimum absolute atomic E-state index is 0.0347. The normalized spacial score (nSPS) is 9.89. The van der Waals surface area contributed by atoms with Crippen molar-refractivity contribution in [2.24, 2.45) is 0 Å². The van der Waals surface area contributed by atoms with E-state index in [1.807, 2.05) is 56.3 Å². The number of carbonyl (C=O) groups excluding carboxylic acids is 1. The van der Waals surface area contributed by atoms with E-state index >= 15 is 0 Å². The van der Waals surface area contributed by atoms with E-state index in [0.29, 0.717) is 44.5 Å². The number of rotatable bonds is 13. The van der Waals surface area contributed by atoms with Crippen LogP contribution in [0.15, 0.2) is 42.5 Å². The molecule has 0 heterocycles. The van der Waals surface area contributed by atoms with Gasteiger partial charge in [0.2, 0.25) is 5.91 Å². The predicted molar refractivity (Wildman–Crippen MR) is 132 cm³/mol. The molecule has 0 aliphatic heterocycles. The summed E-state index contributed by atoms with van der Waals surface area (Å²) in [6, 6.07) is 13.3. The molecule has 0 saturated carbocycles. The van der Waals surface area contributed by atoms with Crippen LogP contribution >= 0.6 is 0 Å². The van der Waals surface area contributed by atoms with Crippen molar-refractivity contribution in [3.63, 3.8) is 0 Å². The molecule has 198 valence electrons. The minimum Gasteiger partial charge on any atom is -0.494 e. The van der Waals surface area contributed by atoms with Crippen LogP contribution in [0.5, 0.6) is 23.0 Å². The van der Waals surface area contributed by atoms with Gasteiger partial charge in [-0.2, -0.15) is 0 Å². The van der Waals surface area contributed by atoms with E-state index in [1.54, 1.807) is 19.0 Å². The molecule has 11 nitrogen and oxygen atoms in total. The maximum atomic E-state index is 11.7. The predicted octanol–water partition coefficient (Wildman–Crippen LogP) is 2.28. The summed E-state index contributed by atoms with van der Waals surface area (Å²) in [6.45, 7) is 6.72. The zero-order valence-corrected chi connectivity index (χ0v) is 21.0. The van der Waals surface area contributed by atoms with Crippen LogP contribution in [0.4, 0.5) is 0 Å². The van der Waals surface area contributed by atoms with Gasteiger partial charge in [0.25, 0.3) is 0 Å². The SMILES string of the molecule is CCOc1ccc(OCCOc2ccc(CNCC(=O)N(C)C)cc2OCC)cc1.O=C(O)C(=O)O. The van der Waals surface area contributed by atoms with Crippen molar-refractivity contribution in [3.05, 3.63) is 48.0 Å². The van der Waals surface area contributed by atoms with E-state index in [-0.39, 0.29) is 12.5 Å². The number of hydrogen-bond acceptors (Lipinski definition) is 8. The van der Waals surface area contributed by atoms with Gasteiger partial charge in [0.15, 0.2) is 11.5 Å². The Morgan fingerprint density at radius 2 is 1.33 bits per heavy atom. The summed E-state index contributed by atoms with van der Waals surface area (Å²) in [5, 5.41) is 17.9. The molecule has 0 saturated heterocycles. The van der Waals surface area contributed by atoms with Gasteiger partial charge < -0.3 is 39.4 Å².